The summed E-state index contributed by atoms with van der Waals surface area (Å²) < 4.78 is 5.10. The molecule has 0 spiro atoms. The topological polar surface area (TPSA) is 58.6 Å². The van der Waals surface area contributed by atoms with Crippen LogP contribution in [0.1, 0.15) is 31.1 Å². The highest BCUT2D eigenvalue weighted by Crippen LogP contribution is 2.20. The second-order valence-corrected chi connectivity index (χ2v) is 5.95. The van der Waals surface area contributed by atoms with Crippen LogP contribution in [0.25, 0.3) is 0 Å². The van der Waals surface area contributed by atoms with E-state index in [0.29, 0.717) is 5.02 Å². The van der Waals surface area contributed by atoms with Crippen molar-refractivity contribution >= 4 is 35.2 Å². The second-order valence-electron chi connectivity index (χ2n) is 5.10. The van der Waals surface area contributed by atoms with Gasteiger partial charge in [0.15, 0.2) is 0 Å². The number of nitrogens with zero attached hydrogens (tertiary/aromatic N) is 1. The zero-order valence-corrected chi connectivity index (χ0v) is 13.2. The molecule has 1 N–H and O–H groups in total. The third-order valence-electron chi connectivity index (χ3n) is 2.11. The van der Waals surface area contributed by atoms with Gasteiger partial charge in [-0.1, -0.05) is 23.2 Å². The summed E-state index contributed by atoms with van der Waals surface area (Å²) in [5, 5.41) is 1.56. The monoisotopic (exact) mass is 318 g/mol. The summed E-state index contributed by atoms with van der Waals surface area (Å²) in [6.07, 6.45) is -0.677. The van der Waals surface area contributed by atoms with Crippen LogP contribution < -0.4 is 5.43 Å². The first kappa shape index (κ1) is 16.6. The molecule has 5 nitrogen and oxygen atoms in total. The number of hydrazine groups is 1. The summed E-state index contributed by atoms with van der Waals surface area (Å²) in [5.74, 6) is -0.550. The predicted octanol–water partition coefficient (Wildman–Crippen LogP) is 3.51. The Kier molecular flexibility index (Phi) is 5.25. The summed E-state index contributed by atoms with van der Waals surface area (Å²) in [7, 11) is 1.38. The van der Waals surface area contributed by atoms with Gasteiger partial charge in [-0.05, 0) is 39.0 Å². The van der Waals surface area contributed by atoms with Crippen LogP contribution in [0.3, 0.4) is 0 Å². The lowest BCUT2D eigenvalue weighted by Crippen LogP contribution is -2.45. The number of rotatable bonds is 1. The lowest BCUT2D eigenvalue weighted by atomic mass is 10.2. The maximum Gasteiger partial charge on any atom is 0.428 e. The van der Waals surface area contributed by atoms with Crippen LogP contribution in [-0.4, -0.2) is 29.7 Å². The number of hydrogen-bond donors (Lipinski definition) is 1. The third-order valence-corrected chi connectivity index (χ3v) is 2.67. The van der Waals surface area contributed by atoms with Crippen LogP contribution in [0.4, 0.5) is 4.79 Å². The maximum atomic E-state index is 12.0. The summed E-state index contributed by atoms with van der Waals surface area (Å²) in [4.78, 5) is 23.7. The molecule has 1 aromatic rings. The van der Waals surface area contributed by atoms with Crippen molar-refractivity contribution in [1.29, 1.82) is 0 Å². The molecule has 0 saturated carbocycles. The minimum absolute atomic E-state index is 0.176. The molecule has 0 aromatic heterocycles. The van der Waals surface area contributed by atoms with E-state index in [0.717, 1.165) is 5.01 Å². The van der Waals surface area contributed by atoms with Crippen LogP contribution in [0.15, 0.2) is 18.2 Å². The maximum absolute atomic E-state index is 12.0. The number of ether oxygens (including phenoxy) is 1. The average molecular weight is 319 g/mol. The van der Waals surface area contributed by atoms with Gasteiger partial charge >= 0.3 is 6.09 Å². The SMILES string of the molecule is CN(NC(=O)c1cc(Cl)ccc1Cl)C(=O)OC(C)(C)C. The van der Waals surface area contributed by atoms with Gasteiger partial charge in [-0.3, -0.25) is 10.2 Å². The number of halogens is 2. The molecule has 0 atom stereocenters. The Balaban J connectivity index is 2.75. The van der Waals surface area contributed by atoms with Gasteiger partial charge in [-0.25, -0.2) is 9.80 Å². The molecular formula is C13H16Cl2N2O3. The Labute approximate surface area is 127 Å². The van der Waals surface area contributed by atoms with Gasteiger partial charge in [0.25, 0.3) is 5.91 Å². The minimum Gasteiger partial charge on any atom is -0.442 e. The number of benzene rings is 1. The molecule has 0 saturated heterocycles. The van der Waals surface area contributed by atoms with Crippen LogP contribution >= 0.6 is 23.2 Å². The quantitative estimate of drug-likeness (QED) is 0.806. The predicted molar refractivity (Wildman–Crippen MR) is 77.9 cm³/mol. The second kappa shape index (κ2) is 6.33. The number of hydrogen-bond acceptors (Lipinski definition) is 3. The fraction of sp³-hybridized carbons (Fsp3) is 0.385. The van der Waals surface area contributed by atoms with Crippen molar-refractivity contribution in [2.75, 3.05) is 7.05 Å². The van der Waals surface area contributed by atoms with E-state index in [-0.39, 0.29) is 10.6 Å². The number of nitrogens with one attached hydrogen (secondary N) is 1. The molecule has 1 aromatic carbocycles. The Morgan fingerprint density at radius 1 is 1.25 bits per heavy atom. The standard InChI is InChI=1S/C13H16Cl2N2O3/c1-13(2,3)20-12(19)17(4)16-11(18)9-7-8(14)5-6-10(9)15/h5-7H,1-4H3,(H,16,18). The normalized spacial score (nSPS) is 10.9. The molecule has 0 radical (unpaired) electrons. The van der Waals surface area contributed by atoms with Gasteiger partial charge in [0.1, 0.15) is 5.60 Å². The van der Waals surface area contributed by atoms with Crippen molar-refractivity contribution in [3.63, 3.8) is 0 Å². The highest BCUT2D eigenvalue weighted by Gasteiger charge is 2.22. The molecule has 0 unspecified atom stereocenters. The Morgan fingerprint density at radius 3 is 2.40 bits per heavy atom. The number of carbonyl (C=O) groups is 2. The number of amides is 2. The van der Waals surface area contributed by atoms with E-state index in [1.165, 1.54) is 19.2 Å². The van der Waals surface area contributed by atoms with Crippen molar-refractivity contribution < 1.29 is 14.3 Å². The lowest BCUT2D eigenvalue weighted by Gasteiger charge is -2.24. The van der Waals surface area contributed by atoms with E-state index >= 15 is 0 Å². The first-order valence-electron chi connectivity index (χ1n) is 5.83. The van der Waals surface area contributed by atoms with Gasteiger partial charge in [-0.15, -0.1) is 0 Å². The van der Waals surface area contributed by atoms with E-state index in [1.807, 2.05) is 0 Å². The van der Waals surface area contributed by atoms with Gasteiger partial charge in [-0.2, -0.15) is 0 Å². The van der Waals surface area contributed by atoms with Crippen LogP contribution in [-0.2, 0) is 4.74 Å². The van der Waals surface area contributed by atoms with E-state index < -0.39 is 17.6 Å². The summed E-state index contributed by atoms with van der Waals surface area (Å²) in [6.45, 7) is 5.19. The van der Waals surface area contributed by atoms with E-state index in [4.69, 9.17) is 27.9 Å². The summed E-state index contributed by atoms with van der Waals surface area (Å²) in [5.41, 5.74) is 1.89. The van der Waals surface area contributed by atoms with Gasteiger partial charge in [0.05, 0.1) is 10.6 Å². The fourth-order valence-electron chi connectivity index (χ4n) is 1.26. The third kappa shape index (κ3) is 4.90. The van der Waals surface area contributed by atoms with Gasteiger partial charge < -0.3 is 4.74 Å². The highest BCUT2D eigenvalue weighted by molar-refractivity contribution is 6.35. The van der Waals surface area contributed by atoms with Crippen molar-refractivity contribution in [2.45, 2.75) is 26.4 Å². The number of carbonyl (C=O) groups excluding carboxylic acids is 2. The molecule has 20 heavy (non-hydrogen) atoms. The molecule has 0 aliphatic rings. The molecule has 0 aliphatic heterocycles. The summed E-state index contributed by atoms with van der Waals surface area (Å²) >= 11 is 11.7. The van der Waals surface area contributed by atoms with Crippen molar-refractivity contribution in [3.05, 3.63) is 33.8 Å². The molecule has 110 valence electrons. The lowest BCUT2D eigenvalue weighted by molar-refractivity contribution is 0.0195. The van der Waals surface area contributed by atoms with Crippen molar-refractivity contribution in [3.8, 4) is 0 Å². The zero-order chi connectivity index (χ0) is 15.5. The first-order valence-corrected chi connectivity index (χ1v) is 6.58. The van der Waals surface area contributed by atoms with Crippen LogP contribution in [0.5, 0.6) is 0 Å². The Bertz CT molecular complexity index is 527. The van der Waals surface area contributed by atoms with E-state index in [1.54, 1.807) is 26.8 Å². The molecule has 0 bridgehead atoms. The van der Waals surface area contributed by atoms with Gasteiger partial charge in [0.2, 0.25) is 0 Å². The molecule has 7 heteroatoms. The first-order chi connectivity index (χ1) is 9.10. The summed E-state index contributed by atoms with van der Waals surface area (Å²) in [6, 6.07) is 4.49. The zero-order valence-electron chi connectivity index (χ0n) is 11.7. The smallest absolute Gasteiger partial charge is 0.428 e. The van der Waals surface area contributed by atoms with Crippen molar-refractivity contribution in [1.82, 2.24) is 10.4 Å². The Morgan fingerprint density at radius 2 is 1.85 bits per heavy atom. The van der Waals surface area contributed by atoms with E-state index in [2.05, 4.69) is 5.43 Å². The minimum atomic E-state index is -0.677. The van der Waals surface area contributed by atoms with E-state index in [9.17, 15) is 9.59 Å². The molecule has 1 rings (SSSR count). The molecular weight excluding hydrogens is 303 g/mol. The average Bonchev–Trinajstić information content (AvgIpc) is 2.29. The molecule has 0 heterocycles. The van der Waals surface area contributed by atoms with Crippen molar-refractivity contribution in [2.24, 2.45) is 0 Å². The van der Waals surface area contributed by atoms with Crippen LogP contribution in [0.2, 0.25) is 10.0 Å². The molecule has 0 fully saturated rings. The van der Waals surface area contributed by atoms with Gasteiger partial charge in [0, 0.05) is 12.1 Å². The fourth-order valence-corrected chi connectivity index (χ4v) is 1.64. The molecule has 2 amide bonds. The van der Waals surface area contributed by atoms with Crippen LogP contribution in [0, 0.1) is 0 Å². The highest BCUT2D eigenvalue weighted by atomic mass is 35.5. The Hall–Kier alpha value is -1.46. The largest absolute Gasteiger partial charge is 0.442 e. The molecule has 0 aliphatic carbocycles.